The highest BCUT2D eigenvalue weighted by Gasteiger charge is 2.50. The third kappa shape index (κ3) is 3.90. The van der Waals surface area contributed by atoms with Crippen molar-refractivity contribution in [2.24, 2.45) is 13.0 Å². The number of hydrogen-bond donors (Lipinski definition) is 2. The van der Waals surface area contributed by atoms with Gasteiger partial charge in [-0.25, -0.2) is 0 Å². The van der Waals surface area contributed by atoms with Crippen LogP contribution in [0.2, 0.25) is 10.2 Å². The molecule has 0 aliphatic carbocycles. The Balaban J connectivity index is 1.55. The van der Waals surface area contributed by atoms with Gasteiger partial charge in [0.05, 0.1) is 5.92 Å². The van der Waals surface area contributed by atoms with Crippen molar-refractivity contribution in [3.05, 3.63) is 51.8 Å². The van der Waals surface area contributed by atoms with E-state index >= 15 is 0 Å². The van der Waals surface area contributed by atoms with Gasteiger partial charge in [-0.05, 0) is 5.56 Å². The van der Waals surface area contributed by atoms with Crippen LogP contribution in [0.4, 0.5) is 0 Å². The topological polar surface area (TPSA) is 113 Å². The van der Waals surface area contributed by atoms with Crippen molar-refractivity contribution in [1.82, 2.24) is 25.3 Å². The van der Waals surface area contributed by atoms with Crippen LogP contribution < -0.4 is 10.6 Å². The molecule has 9 nitrogen and oxygen atoms in total. The van der Waals surface area contributed by atoms with Crippen LogP contribution >= 0.6 is 23.2 Å². The molecule has 4 rings (SSSR count). The SMILES string of the molecule is Cn1nc(C(=O)NC2(c3ccccc3)CN(C(=O)C3CC(=O)NC(=O)C3)C2)c(Cl)c1Cl. The van der Waals surface area contributed by atoms with Crippen LogP contribution in [0.1, 0.15) is 28.9 Å². The molecule has 0 atom stereocenters. The Bertz CT molecular complexity index is 1060. The maximum Gasteiger partial charge on any atom is 0.274 e. The van der Waals surface area contributed by atoms with Gasteiger partial charge in [0.2, 0.25) is 17.7 Å². The summed E-state index contributed by atoms with van der Waals surface area (Å²) in [5.74, 6) is -2.42. The summed E-state index contributed by atoms with van der Waals surface area (Å²) in [5.41, 5.74) is -0.0609. The van der Waals surface area contributed by atoms with E-state index in [9.17, 15) is 19.2 Å². The number of amides is 4. The van der Waals surface area contributed by atoms with Crippen LogP contribution in [0.15, 0.2) is 30.3 Å². The highest BCUT2D eigenvalue weighted by atomic mass is 35.5. The molecule has 1 aromatic heterocycles. The molecule has 0 unspecified atom stereocenters. The Morgan fingerprint density at radius 1 is 1.13 bits per heavy atom. The molecular weight excluding hydrogens is 445 g/mol. The average Bonchev–Trinajstić information content (AvgIpc) is 2.97. The van der Waals surface area contributed by atoms with Gasteiger partial charge in [0.1, 0.15) is 15.7 Å². The highest BCUT2D eigenvalue weighted by Crippen LogP contribution is 2.35. The van der Waals surface area contributed by atoms with Gasteiger partial charge in [0.25, 0.3) is 5.91 Å². The van der Waals surface area contributed by atoms with Gasteiger partial charge < -0.3 is 10.2 Å². The zero-order valence-corrected chi connectivity index (χ0v) is 18.0. The van der Waals surface area contributed by atoms with Gasteiger partial charge >= 0.3 is 0 Å². The van der Waals surface area contributed by atoms with E-state index in [2.05, 4.69) is 15.7 Å². The minimum atomic E-state index is -0.859. The summed E-state index contributed by atoms with van der Waals surface area (Å²) in [5, 5.41) is 9.41. The molecule has 11 heteroatoms. The second kappa shape index (κ2) is 7.97. The predicted octanol–water partition coefficient (Wildman–Crippen LogP) is 1.25. The van der Waals surface area contributed by atoms with Crippen LogP contribution in [0.5, 0.6) is 0 Å². The van der Waals surface area contributed by atoms with Crippen LogP contribution in [0, 0.1) is 5.92 Å². The molecule has 0 bridgehead atoms. The molecular formula is C20H19Cl2N5O4. The number of carbonyl (C=O) groups excluding carboxylic acids is 4. The van der Waals surface area contributed by atoms with Gasteiger partial charge in [-0.3, -0.25) is 29.2 Å². The first-order valence-corrected chi connectivity index (χ1v) is 10.3. The van der Waals surface area contributed by atoms with Gasteiger partial charge in [0.15, 0.2) is 5.69 Å². The molecule has 2 aliphatic rings. The second-order valence-corrected chi connectivity index (χ2v) is 8.49. The number of aromatic nitrogens is 2. The number of likely N-dealkylation sites (tertiary alicyclic amines) is 1. The average molecular weight is 464 g/mol. The molecule has 2 fully saturated rings. The Labute approximate surface area is 187 Å². The van der Waals surface area contributed by atoms with E-state index in [0.29, 0.717) is 0 Å². The van der Waals surface area contributed by atoms with Crippen molar-refractivity contribution in [1.29, 1.82) is 0 Å². The van der Waals surface area contributed by atoms with Gasteiger partial charge in [-0.1, -0.05) is 53.5 Å². The van der Waals surface area contributed by atoms with Gasteiger partial charge in [-0.2, -0.15) is 5.10 Å². The van der Waals surface area contributed by atoms with Gasteiger partial charge in [-0.15, -0.1) is 0 Å². The highest BCUT2D eigenvalue weighted by molar-refractivity contribution is 6.43. The van der Waals surface area contributed by atoms with E-state index < -0.39 is 29.2 Å². The van der Waals surface area contributed by atoms with E-state index in [-0.39, 0.29) is 47.7 Å². The monoisotopic (exact) mass is 463 g/mol. The lowest BCUT2D eigenvalue weighted by Crippen LogP contribution is -2.70. The minimum absolute atomic E-state index is 0.0104. The van der Waals surface area contributed by atoms with E-state index in [1.54, 1.807) is 7.05 Å². The first-order valence-electron chi connectivity index (χ1n) is 9.58. The van der Waals surface area contributed by atoms with Crippen molar-refractivity contribution in [2.75, 3.05) is 13.1 Å². The summed E-state index contributed by atoms with van der Waals surface area (Å²) in [4.78, 5) is 50.6. The quantitative estimate of drug-likeness (QED) is 0.662. The summed E-state index contributed by atoms with van der Waals surface area (Å²) in [6, 6.07) is 9.23. The molecule has 2 aromatic rings. The second-order valence-electron chi connectivity index (χ2n) is 7.75. The fourth-order valence-electron chi connectivity index (χ4n) is 3.96. The fraction of sp³-hybridized carbons (Fsp3) is 0.350. The first kappa shape index (κ1) is 21.3. The molecule has 162 valence electrons. The van der Waals surface area contributed by atoms with Crippen molar-refractivity contribution in [2.45, 2.75) is 18.4 Å². The van der Waals surface area contributed by atoms with Crippen molar-refractivity contribution in [3.8, 4) is 0 Å². The molecule has 31 heavy (non-hydrogen) atoms. The summed E-state index contributed by atoms with van der Waals surface area (Å²) >= 11 is 12.2. The third-order valence-corrected chi connectivity index (χ3v) is 6.43. The van der Waals surface area contributed by atoms with Crippen LogP contribution in [-0.4, -0.2) is 51.4 Å². The van der Waals surface area contributed by atoms with Crippen molar-refractivity contribution < 1.29 is 19.2 Å². The van der Waals surface area contributed by atoms with E-state index in [4.69, 9.17) is 23.2 Å². The van der Waals surface area contributed by atoms with E-state index in [1.165, 1.54) is 9.58 Å². The number of nitrogens with zero attached hydrogens (tertiary/aromatic N) is 3. The maximum atomic E-state index is 12.9. The minimum Gasteiger partial charge on any atom is -0.337 e. The van der Waals surface area contributed by atoms with Crippen molar-refractivity contribution in [3.63, 3.8) is 0 Å². The smallest absolute Gasteiger partial charge is 0.274 e. The Kier molecular flexibility index (Phi) is 5.49. The van der Waals surface area contributed by atoms with E-state index in [0.717, 1.165) is 5.56 Å². The molecule has 3 heterocycles. The molecule has 4 amide bonds. The molecule has 2 saturated heterocycles. The summed E-state index contributed by atoms with van der Waals surface area (Å²) in [7, 11) is 1.57. The molecule has 2 aliphatic heterocycles. The Morgan fingerprint density at radius 3 is 2.29 bits per heavy atom. The predicted molar refractivity (Wildman–Crippen MR) is 111 cm³/mol. The van der Waals surface area contributed by atoms with Crippen LogP contribution in [0.25, 0.3) is 0 Å². The first-order chi connectivity index (χ1) is 14.7. The molecule has 0 radical (unpaired) electrons. The normalized spacial score (nSPS) is 18.4. The van der Waals surface area contributed by atoms with Crippen LogP contribution in [-0.2, 0) is 27.0 Å². The number of rotatable bonds is 4. The zero-order valence-electron chi connectivity index (χ0n) is 16.5. The molecule has 2 N–H and O–H groups in total. The number of hydrogen-bond acceptors (Lipinski definition) is 5. The molecule has 1 aromatic carbocycles. The Hall–Kier alpha value is -2.91. The number of halogens is 2. The number of imide groups is 1. The number of aryl methyl sites for hydroxylation is 1. The van der Waals surface area contributed by atoms with Crippen molar-refractivity contribution >= 4 is 46.8 Å². The summed E-state index contributed by atoms with van der Waals surface area (Å²) in [6.07, 6.45) is -0.0678. The molecule has 0 saturated carbocycles. The summed E-state index contributed by atoms with van der Waals surface area (Å²) in [6.45, 7) is 0.373. The standard InChI is InChI=1S/C20H19Cl2N5O4/c1-26-17(22)15(21)16(25-26)18(30)24-20(12-5-3-2-4-6-12)9-27(10-20)19(31)11-7-13(28)23-14(29)8-11/h2-6,11H,7-10H2,1H3,(H,24,30)(H,23,28,29). The number of nitrogens with one attached hydrogen (secondary N) is 2. The lowest BCUT2D eigenvalue weighted by molar-refractivity contribution is -0.151. The summed E-state index contributed by atoms with van der Waals surface area (Å²) < 4.78 is 1.30. The number of benzene rings is 1. The fourth-order valence-corrected chi connectivity index (χ4v) is 4.33. The Morgan fingerprint density at radius 2 is 1.74 bits per heavy atom. The van der Waals surface area contributed by atoms with Crippen LogP contribution in [0.3, 0.4) is 0 Å². The molecule has 0 spiro atoms. The number of piperidine rings is 1. The van der Waals surface area contributed by atoms with Gasteiger partial charge in [0, 0.05) is 33.0 Å². The van der Waals surface area contributed by atoms with E-state index in [1.807, 2.05) is 30.3 Å². The maximum absolute atomic E-state index is 12.9. The zero-order chi connectivity index (χ0) is 22.3. The third-order valence-electron chi connectivity index (χ3n) is 5.54. The number of carbonyl (C=O) groups is 4. The largest absolute Gasteiger partial charge is 0.337 e. The lowest BCUT2D eigenvalue weighted by atomic mass is 9.80. The lowest BCUT2D eigenvalue weighted by Gasteiger charge is -2.51.